The van der Waals surface area contributed by atoms with Crippen molar-refractivity contribution in [3.8, 4) is 0 Å². The molecule has 0 radical (unpaired) electrons. The zero-order valence-electron chi connectivity index (χ0n) is 15.3. The molecule has 0 amide bonds. The first-order valence-corrected chi connectivity index (χ1v) is 8.92. The van der Waals surface area contributed by atoms with Crippen LogP contribution in [0.25, 0.3) is 0 Å². The van der Waals surface area contributed by atoms with Crippen molar-refractivity contribution >= 4 is 5.97 Å². The van der Waals surface area contributed by atoms with Gasteiger partial charge < -0.3 is 5.11 Å². The fourth-order valence-corrected chi connectivity index (χ4v) is 2.23. The molecule has 0 aliphatic rings. The minimum absolute atomic E-state index is 0.0196. The second-order valence-corrected chi connectivity index (χ2v) is 5.92. The van der Waals surface area contributed by atoms with Gasteiger partial charge in [-0.1, -0.05) is 31.9 Å². The Morgan fingerprint density at radius 2 is 1.35 bits per heavy atom. The van der Waals surface area contributed by atoms with Gasteiger partial charge in [0.05, 0.1) is 22.7 Å². The fraction of sp³-hybridized carbons (Fsp3) is 0.611. The molecule has 0 aromatic rings. The Kier molecular flexibility index (Phi) is 13.4. The van der Waals surface area contributed by atoms with E-state index >= 15 is 0 Å². The smallest absolute Gasteiger partial charge is 0.303 e. The van der Waals surface area contributed by atoms with Crippen LogP contribution in [0, 0.1) is 20.2 Å². The van der Waals surface area contributed by atoms with Gasteiger partial charge >= 0.3 is 5.97 Å². The van der Waals surface area contributed by atoms with Crippen LogP contribution in [-0.4, -0.2) is 20.9 Å². The third kappa shape index (κ3) is 12.9. The van der Waals surface area contributed by atoms with Crippen molar-refractivity contribution in [2.45, 2.75) is 71.1 Å². The van der Waals surface area contributed by atoms with Gasteiger partial charge in [0, 0.05) is 6.42 Å². The molecule has 0 unspecified atom stereocenters. The quantitative estimate of drug-likeness (QED) is 0.190. The van der Waals surface area contributed by atoms with Crippen molar-refractivity contribution in [1.29, 1.82) is 0 Å². The van der Waals surface area contributed by atoms with E-state index in [1.165, 1.54) is 6.08 Å². The maximum Gasteiger partial charge on any atom is 0.303 e. The number of hydrogen-bond donors (Lipinski definition) is 1. The molecular formula is C18H28N2O6. The number of carbonyl (C=O) groups is 1. The maximum atomic E-state index is 11.0. The molecule has 8 heteroatoms. The normalized spacial score (nSPS) is 12.5. The molecule has 0 aromatic carbocycles. The van der Waals surface area contributed by atoms with Crippen LogP contribution in [0.2, 0.25) is 0 Å². The zero-order chi connectivity index (χ0) is 19.8. The zero-order valence-corrected chi connectivity index (χ0v) is 15.3. The highest BCUT2D eigenvalue weighted by atomic mass is 16.6. The van der Waals surface area contributed by atoms with E-state index in [1.807, 2.05) is 0 Å². The summed E-state index contributed by atoms with van der Waals surface area (Å²) in [4.78, 5) is 31.5. The minimum Gasteiger partial charge on any atom is -0.481 e. The monoisotopic (exact) mass is 368 g/mol. The lowest BCUT2D eigenvalue weighted by Gasteiger charge is -1.97. The molecule has 0 atom stereocenters. The van der Waals surface area contributed by atoms with E-state index in [4.69, 9.17) is 5.11 Å². The van der Waals surface area contributed by atoms with Crippen LogP contribution >= 0.6 is 0 Å². The van der Waals surface area contributed by atoms with Gasteiger partial charge in [-0.3, -0.25) is 25.0 Å². The molecule has 8 nitrogen and oxygen atoms in total. The van der Waals surface area contributed by atoms with E-state index in [2.05, 4.69) is 6.92 Å². The highest BCUT2D eigenvalue weighted by molar-refractivity contribution is 5.66. The highest BCUT2D eigenvalue weighted by Gasteiger charge is 2.10. The molecule has 0 fully saturated rings. The van der Waals surface area contributed by atoms with Gasteiger partial charge in [-0.05, 0) is 44.3 Å². The number of rotatable bonds is 15. The lowest BCUT2D eigenvalue weighted by molar-refractivity contribution is -0.427. The Morgan fingerprint density at radius 3 is 1.73 bits per heavy atom. The number of nitrogens with zero attached hydrogens (tertiary/aromatic N) is 2. The van der Waals surface area contributed by atoms with E-state index in [0.29, 0.717) is 25.7 Å². The molecule has 0 aromatic heterocycles. The Hall–Kier alpha value is -2.51. The first-order chi connectivity index (χ1) is 12.4. The van der Waals surface area contributed by atoms with Gasteiger partial charge in [-0.25, -0.2) is 0 Å². The largest absolute Gasteiger partial charge is 0.481 e. The second kappa shape index (κ2) is 14.8. The lowest BCUT2D eigenvalue weighted by atomic mass is 10.1. The molecule has 1 N–H and O–H groups in total. The molecule has 0 aliphatic heterocycles. The van der Waals surface area contributed by atoms with Crippen LogP contribution in [0.5, 0.6) is 0 Å². The molecule has 0 aliphatic carbocycles. The van der Waals surface area contributed by atoms with Crippen molar-refractivity contribution in [3.05, 3.63) is 55.9 Å². The molecule has 0 saturated heterocycles. The van der Waals surface area contributed by atoms with Crippen LogP contribution < -0.4 is 0 Å². The number of allylic oxidation sites excluding steroid dienone is 4. The van der Waals surface area contributed by atoms with Crippen molar-refractivity contribution in [1.82, 2.24) is 0 Å². The number of carboxylic acid groups (broad SMARTS) is 1. The summed E-state index contributed by atoms with van der Waals surface area (Å²) in [7, 11) is 0. The standard InChI is InChI=1S/C18H28N2O6/c1-2-3-4-6-11-16(19(23)24)13-9-10-14-17(20(25)26)12-7-5-8-15-18(21)22/h9-12H,2-8,13-15H2,1H3,(H,21,22)/b10-9-,16-11+,17-12+. The molecule has 0 bridgehead atoms. The topological polar surface area (TPSA) is 124 Å². The molecule has 0 saturated carbocycles. The number of hydrogen-bond acceptors (Lipinski definition) is 5. The van der Waals surface area contributed by atoms with E-state index < -0.39 is 15.8 Å². The summed E-state index contributed by atoms with van der Waals surface area (Å²) in [6, 6.07) is 0. The van der Waals surface area contributed by atoms with Crippen LogP contribution in [-0.2, 0) is 4.79 Å². The fourth-order valence-electron chi connectivity index (χ4n) is 2.23. The minimum atomic E-state index is -0.879. The number of nitro groups is 2. The Morgan fingerprint density at radius 1 is 0.885 bits per heavy atom. The summed E-state index contributed by atoms with van der Waals surface area (Å²) in [5.41, 5.74) is 0.129. The first kappa shape index (κ1) is 23.5. The van der Waals surface area contributed by atoms with Gasteiger partial charge in [-0.15, -0.1) is 0 Å². The van der Waals surface area contributed by atoms with Crippen molar-refractivity contribution in [2.75, 3.05) is 0 Å². The second-order valence-electron chi connectivity index (χ2n) is 5.92. The van der Waals surface area contributed by atoms with Gasteiger partial charge in [0.1, 0.15) is 0 Å². The summed E-state index contributed by atoms with van der Waals surface area (Å²) in [6.07, 6.45) is 11.7. The van der Waals surface area contributed by atoms with Gasteiger partial charge in [0.2, 0.25) is 11.4 Å². The molecule has 0 spiro atoms. The Labute approximate surface area is 153 Å². The van der Waals surface area contributed by atoms with E-state index in [9.17, 15) is 25.0 Å². The maximum absolute atomic E-state index is 11.0. The number of carboxylic acids is 1. The van der Waals surface area contributed by atoms with E-state index in [1.54, 1.807) is 18.2 Å². The SMILES string of the molecule is CCCCC/C=C(\C/C=C\C/C(=C\CCCCC(=O)O)[N+](=O)[O-])[N+](=O)[O-]. The molecule has 146 valence electrons. The summed E-state index contributed by atoms with van der Waals surface area (Å²) in [5, 5.41) is 30.5. The van der Waals surface area contributed by atoms with E-state index in [0.717, 1.165) is 19.3 Å². The first-order valence-electron chi connectivity index (χ1n) is 8.92. The third-order valence-corrected chi connectivity index (χ3v) is 3.70. The van der Waals surface area contributed by atoms with Crippen LogP contribution in [0.4, 0.5) is 0 Å². The van der Waals surface area contributed by atoms with Gasteiger partial charge in [0.15, 0.2) is 0 Å². The van der Waals surface area contributed by atoms with Crippen LogP contribution in [0.1, 0.15) is 71.1 Å². The predicted octanol–water partition coefficient (Wildman–Crippen LogP) is 4.87. The Bertz CT molecular complexity index is 552. The van der Waals surface area contributed by atoms with Crippen molar-refractivity contribution in [2.24, 2.45) is 0 Å². The van der Waals surface area contributed by atoms with Gasteiger partial charge in [-0.2, -0.15) is 0 Å². The van der Waals surface area contributed by atoms with Crippen molar-refractivity contribution in [3.63, 3.8) is 0 Å². The molecule has 0 rings (SSSR count). The molecular weight excluding hydrogens is 340 g/mol. The number of aliphatic carboxylic acids is 1. The third-order valence-electron chi connectivity index (χ3n) is 3.70. The van der Waals surface area contributed by atoms with Crippen LogP contribution in [0.15, 0.2) is 35.7 Å². The average molecular weight is 368 g/mol. The molecule has 0 heterocycles. The lowest BCUT2D eigenvalue weighted by Crippen LogP contribution is -1.99. The number of unbranched alkanes of at least 4 members (excludes halogenated alkanes) is 5. The summed E-state index contributed by atoms with van der Waals surface area (Å²) in [5.74, 6) is -0.879. The predicted molar refractivity (Wildman–Crippen MR) is 98.8 cm³/mol. The van der Waals surface area contributed by atoms with E-state index in [-0.39, 0.29) is 30.7 Å². The summed E-state index contributed by atoms with van der Waals surface area (Å²) in [6.45, 7) is 2.06. The Balaban J connectivity index is 4.45. The van der Waals surface area contributed by atoms with Crippen LogP contribution in [0.3, 0.4) is 0 Å². The van der Waals surface area contributed by atoms with Crippen molar-refractivity contribution < 1.29 is 19.7 Å². The highest BCUT2D eigenvalue weighted by Crippen LogP contribution is 2.12. The van der Waals surface area contributed by atoms with Gasteiger partial charge in [0.25, 0.3) is 0 Å². The average Bonchev–Trinajstić information content (AvgIpc) is 2.57. The summed E-state index contributed by atoms with van der Waals surface area (Å²) >= 11 is 0. The summed E-state index contributed by atoms with van der Waals surface area (Å²) < 4.78 is 0. The molecule has 26 heavy (non-hydrogen) atoms.